The quantitative estimate of drug-likeness (QED) is 0.771. The van der Waals surface area contributed by atoms with E-state index in [0.29, 0.717) is 13.1 Å². The molecule has 2 aliphatic heterocycles. The Morgan fingerprint density at radius 1 is 0.786 bits per heavy atom. The summed E-state index contributed by atoms with van der Waals surface area (Å²) in [5, 5.41) is 0. The number of pyridine rings is 1. The molecule has 0 spiro atoms. The fraction of sp³-hybridized carbons (Fsp3) is 0.450. The molecular formula is C20H27N5O2S. The van der Waals surface area contributed by atoms with Crippen LogP contribution in [-0.4, -0.2) is 82.0 Å². The third-order valence-corrected chi connectivity index (χ3v) is 7.43. The Morgan fingerprint density at radius 3 is 2.04 bits per heavy atom. The molecule has 0 amide bonds. The van der Waals surface area contributed by atoms with E-state index in [2.05, 4.69) is 43.9 Å². The zero-order chi connectivity index (χ0) is 19.6. The van der Waals surface area contributed by atoms with Crippen LogP contribution in [0.2, 0.25) is 0 Å². The van der Waals surface area contributed by atoms with Gasteiger partial charge >= 0.3 is 0 Å². The summed E-state index contributed by atoms with van der Waals surface area (Å²) in [4.78, 5) is 11.5. The summed E-state index contributed by atoms with van der Waals surface area (Å²) < 4.78 is 27.2. The van der Waals surface area contributed by atoms with Gasteiger partial charge in [0.2, 0.25) is 10.0 Å². The smallest absolute Gasteiger partial charge is 0.244 e. The number of rotatable bonds is 4. The van der Waals surface area contributed by atoms with Crippen LogP contribution in [0, 0.1) is 0 Å². The van der Waals surface area contributed by atoms with Crippen molar-refractivity contribution < 1.29 is 8.42 Å². The van der Waals surface area contributed by atoms with Gasteiger partial charge in [0.1, 0.15) is 10.7 Å². The number of aromatic nitrogens is 1. The van der Waals surface area contributed by atoms with E-state index in [0.717, 1.165) is 45.1 Å². The second-order valence-corrected chi connectivity index (χ2v) is 9.31. The first-order chi connectivity index (χ1) is 13.5. The molecule has 3 heterocycles. The Kier molecular flexibility index (Phi) is 5.52. The summed E-state index contributed by atoms with van der Waals surface area (Å²) >= 11 is 0. The average molecular weight is 402 g/mol. The van der Waals surface area contributed by atoms with Gasteiger partial charge in [-0.25, -0.2) is 13.4 Å². The lowest BCUT2D eigenvalue weighted by atomic mass is 10.2. The highest BCUT2D eigenvalue weighted by molar-refractivity contribution is 7.89. The Labute approximate surface area is 167 Å². The van der Waals surface area contributed by atoms with Crippen molar-refractivity contribution in [2.75, 3.05) is 69.2 Å². The highest BCUT2D eigenvalue weighted by Crippen LogP contribution is 2.22. The Morgan fingerprint density at radius 2 is 1.43 bits per heavy atom. The van der Waals surface area contributed by atoms with Crippen molar-refractivity contribution in [3.8, 4) is 0 Å². The molecule has 0 aliphatic carbocycles. The molecule has 7 nitrogen and oxygen atoms in total. The van der Waals surface area contributed by atoms with E-state index in [1.165, 1.54) is 11.9 Å². The molecule has 0 bridgehead atoms. The molecule has 0 saturated carbocycles. The minimum Gasteiger partial charge on any atom is -0.368 e. The monoisotopic (exact) mass is 401 g/mol. The first kappa shape index (κ1) is 19.2. The predicted octanol–water partition coefficient (Wildman–Crippen LogP) is 1.34. The minimum absolute atomic E-state index is 0.281. The molecule has 0 radical (unpaired) electrons. The number of anilines is 2. The van der Waals surface area contributed by atoms with E-state index < -0.39 is 10.0 Å². The van der Waals surface area contributed by atoms with Gasteiger partial charge in [-0.3, -0.25) is 0 Å². The molecule has 1 aromatic heterocycles. The maximum Gasteiger partial charge on any atom is 0.244 e. The Balaban J connectivity index is 1.40. The van der Waals surface area contributed by atoms with Crippen molar-refractivity contribution >= 4 is 21.5 Å². The summed E-state index contributed by atoms with van der Waals surface area (Å²) in [6.07, 6.45) is 1.51. The van der Waals surface area contributed by atoms with Gasteiger partial charge in [-0.1, -0.05) is 18.2 Å². The fourth-order valence-electron chi connectivity index (χ4n) is 3.72. The van der Waals surface area contributed by atoms with Crippen LogP contribution in [0.4, 0.5) is 11.5 Å². The zero-order valence-electron chi connectivity index (χ0n) is 16.2. The molecular weight excluding hydrogens is 374 g/mol. The van der Waals surface area contributed by atoms with Gasteiger partial charge in [0.15, 0.2) is 0 Å². The second-order valence-electron chi connectivity index (χ2n) is 7.37. The number of sulfonamides is 1. The Bertz CT molecular complexity index is 873. The van der Waals surface area contributed by atoms with E-state index in [-0.39, 0.29) is 4.90 Å². The van der Waals surface area contributed by atoms with E-state index in [1.54, 1.807) is 10.4 Å². The van der Waals surface area contributed by atoms with E-state index in [9.17, 15) is 8.42 Å². The second kappa shape index (κ2) is 8.06. The SMILES string of the molecule is CN1CCN(S(=O)(=O)c2ccc(N3CCN(c4ccccc4)CC3)nc2)CC1. The number of nitrogens with zero attached hydrogens (tertiary/aromatic N) is 5. The number of likely N-dealkylation sites (N-methyl/N-ethyl adjacent to an activating group) is 1. The minimum atomic E-state index is -3.46. The van der Waals surface area contributed by atoms with Crippen LogP contribution in [0.25, 0.3) is 0 Å². The van der Waals surface area contributed by atoms with Crippen LogP contribution >= 0.6 is 0 Å². The summed E-state index contributed by atoms with van der Waals surface area (Å²) in [6, 6.07) is 13.9. The summed E-state index contributed by atoms with van der Waals surface area (Å²) in [5.74, 6) is 0.838. The number of para-hydroxylation sites is 1. The van der Waals surface area contributed by atoms with E-state index >= 15 is 0 Å². The van der Waals surface area contributed by atoms with Crippen LogP contribution in [0.5, 0.6) is 0 Å². The lowest BCUT2D eigenvalue weighted by Crippen LogP contribution is -2.47. The standard InChI is InChI=1S/C20H27N5O2S/c1-22-9-15-25(16-10-22)28(26,27)19-7-8-20(21-17-19)24-13-11-23(12-14-24)18-5-3-2-4-6-18/h2-8,17H,9-16H2,1H3. The van der Waals surface area contributed by atoms with Crippen molar-refractivity contribution in [1.29, 1.82) is 0 Å². The highest BCUT2D eigenvalue weighted by atomic mass is 32.2. The largest absolute Gasteiger partial charge is 0.368 e. The van der Waals surface area contributed by atoms with Gasteiger partial charge in [-0.05, 0) is 31.3 Å². The van der Waals surface area contributed by atoms with Gasteiger partial charge in [0.05, 0.1) is 0 Å². The first-order valence-electron chi connectivity index (χ1n) is 9.74. The normalized spacial score (nSPS) is 19.8. The molecule has 28 heavy (non-hydrogen) atoms. The van der Waals surface area contributed by atoms with Crippen LogP contribution in [0.1, 0.15) is 0 Å². The fourth-order valence-corrected chi connectivity index (χ4v) is 5.09. The van der Waals surface area contributed by atoms with Gasteiger partial charge < -0.3 is 14.7 Å². The zero-order valence-corrected chi connectivity index (χ0v) is 17.1. The highest BCUT2D eigenvalue weighted by Gasteiger charge is 2.28. The summed E-state index contributed by atoms with van der Waals surface area (Å²) in [6.45, 7) is 6.16. The molecule has 0 unspecified atom stereocenters. The van der Waals surface area contributed by atoms with Crippen molar-refractivity contribution in [2.45, 2.75) is 4.90 Å². The number of hydrogen-bond donors (Lipinski definition) is 0. The molecule has 1 aromatic carbocycles. The molecule has 150 valence electrons. The van der Waals surface area contributed by atoms with Crippen LogP contribution in [0.15, 0.2) is 53.6 Å². The lowest BCUT2D eigenvalue weighted by molar-refractivity contribution is 0.222. The molecule has 2 aromatic rings. The predicted molar refractivity (Wildman–Crippen MR) is 111 cm³/mol. The van der Waals surface area contributed by atoms with Gasteiger partial charge in [0.25, 0.3) is 0 Å². The number of benzene rings is 1. The topological polar surface area (TPSA) is 60.0 Å². The van der Waals surface area contributed by atoms with Crippen LogP contribution in [-0.2, 0) is 10.0 Å². The molecule has 0 N–H and O–H groups in total. The van der Waals surface area contributed by atoms with Gasteiger partial charge in [-0.2, -0.15) is 4.31 Å². The van der Waals surface area contributed by atoms with Gasteiger partial charge in [-0.15, -0.1) is 0 Å². The van der Waals surface area contributed by atoms with E-state index in [4.69, 9.17) is 0 Å². The summed E-state index contributed by atoms with van der Waals surface area (Å²) in [7, 11) is -1.45. The molecule has 0 atom stereocenters. The molecule has 2 aliphatic rings. The molecule has 8 heteroatoms. The molecule has 4 rings (SSSR count). The maximum atomic E-state index is 12.8. The van der Waals surface area contributed by atoms with E-state index in [1.807, 2.05) is 19.2 Å². The van der Waals surface area contributed by atoms with Crippen molar-refractivity contribution in [3.05, 3.63) is 48.7 Å². The Hall–Kier alpha value is -2.16. The van der Waals surface area contributed by atoms with Crippen molar-refractivity contribution in [1.82, 2.24) is 14.2 Å². The summed E-state index contributed by atoms with van der Waals surface area (Å²) in [5.41, 5.74) is 1.24. The van der Waals surface area contributed by atoms with Crippen molar-refractivity contribution in [2.24, 2.45) is 0 Å². The average Bonchev–Trinajstić information content (AvgIpc) is 2.75. The maximum absolute atomic E-state index is 12.8. The third-order valence-electron chi connectivity index (χ3n) is 5.55. The third kappa shape index (κ3) is 3.99. The molecule has 2 fully saturated rings. The number of piperazine rings is 2. The first-order valence-corrected chi connectivity index (χ1v) is 11.2. The molecule has 2 saturated heterocycles. The number of hydrogen-bond acceptors (Lipinski definition) is 6. The lowest BCUT2D eigenvalue weighted by Gasteiger charge is -2.36. The van der Waals surface area contributed by atoms with Crippen LogP contribution in [0.3, 0.4) is 0 Å². The van der Waals surface area contributed by atoms with Gasteiger partial charge in [0, 0.05) is 64.2 Å². The van der Waals surface area contributed by atoms with Crippen molar-refractivity contribution in [3.63, 3.8) is 0 Å². The van der Waals surface area contributed by atoms with Crippen LogP contribution < -0.4 is 9.80 Å².